The number of hydrogen-bond acceptors (Lipinski definition) is 8. The maximum Gasteiger partial charge on any atom is 0.433 e. The Balaban J connectivity index is 2.00. The van der Waals surface area contributed by atoms with Crippen LogP contribution in [0.4, 0.5) is 30.8 Å². The number of nitrogens with zero attached hydrogens (tertiary/aromatic N) is 4. The number of nitrogens with one attached hydrogen (secondary N) is 1. The molecule has 3 rings (SSSR count). The Labute approximate surface area is 167 Å². The van der Waals surface area contributed by atoms with Crippen LogP contribution in [0, 0.1) is 0 Å². The summed E-state index contributed by atoms with van der Waals surface area (Å²) in [4.78, 5) is 15.1. The SMILES string of the molecule is CS(=O)(=O)c1cc(Cl)cc(Nc2nc(N)nc(-c3cccc(C(F)(F)F)n3)n2)c1. The highest BCUT2D eigenvalue weighted by Gasteiger charge is 2.32. The van der Waals surface area contributed by atoms with Gasteiger partial charge in [-0.05, 0) is 30.3 Å². The van der Waals surface area contributed by atoms with Gasteiger partial charge in [0.15, 0.2) is 15.7 Å². The fraction of sp³-hybridized carbons (Fsp3) is 0.125. The Bertz CT molecular complexity index is 1190. The van der Waals surface area contributed by atoms with Gasteiger partial charge >= 0.3 is 6.18 Å². The number of anilines is 3. The summed E-state index contributed by atoms with van der Waals surface area (Å²) < 4.78 is 62.2. The Morgan fingerprint density at radius 3 is 2.45 bits per heavy atom. The summed E-state index contributed by atoms with van der Waals surface area (Å²) in [5.74, 6) is -0.605. The zero-order chi connectivity index (χ0) is 21.4. The smallest absolute Gasteiger partial charge is 0.368 e. The summed E-state index contributed by atoms with van der Waals surface area (Å²) in [6.07, 6.45) is -3.63. The predicted molar refractivity (Wildman–Crippen MR) is 100 cm³/mol. The van der Waals surface area contributed by atoms with E-state index < -0.39 is 21.7 Å². The lowest BCUT2D eigenvalue weighted by molar-refractivity contribution is -0.141. The van der Waals surface area contributed by atoms with Gasteiger partial charge in [-0.1, -0.05) is 17.7 Å². The van der Waals surface area contributed by atoms with Crippen LogP contribution >= 0.6 is 11.6 Å². The summed E-state index contributed by atoms with van der Waals surface area (Å²) in [7, 11) is -3.54. The molecule has 29 heavy (non-hydrogen) atoms. The van der Waals surface area contributed by atoms with Gasteiger partial charge in [-0.2, -0.15) is 28.1 Å². The molecule has 0 fully saturated rings. The molecule has 1 aromatic carbocycles. The van der Waals surface area contributed by atoms with Crippen molar-refractivity contribution in [3.8, 4) is 11.5 Å². The molecule has 13 heteroatoms. The summed E-state index contributed by atoms with van der Waals surface area (Å²) in [6, 6.07) is 7.23. The number of nitrogens with two attached hydrogens (primary N) is 1. The van der Waals surface area contributed by atoms with Crippen LogP contribution in [0.2, 0.25) is 5.02 Å². The molecule has 0 aliphatic rings. The minimum atomic E-state index is -4.64. The number of rotatable bonds is 4. The van der Waals surface area contributed by atoms with Gasteiger partial charge < -0.3 is 11.1 Å². The number of aromatic nitrogens is 4. The number of nitrogen functional groups attached to an aromatic ring is 1. The quantitative estimate of drug-likeness (QED) is 0.628. The second-order valence-electron chi connectivity index (χ2n) is 5.82. The van der Waals surface area contributed by atoms with Crippen LogP contribution in [-0.2, 0) is 16.0 Å². The van der Waals surface area contributed by atoms with Gasteiger partial charge in [0.1, 0.15) is 11.4 Å². The van der Waals surface area contributed by atoms with Crippen LogP contribution in [0.1, 0.15) is 5.69 Å². The molecule has 152 valence electrons. The predicted octanol–water partition coefficient (Wildman–Crippen LogP) is 3.34. The number of alkyl halides is 3. The summed E-state index contributed by atoms with van der Waals surface area (Å²) in [5.41, 5.74) is 4.58. The zero-order valence-electron chi connectivity index (χ0n) is 14.6. The number of sulfone groups is 1. The summed E-state index contributed by atoms with van der Waals surface area (Å²) in [5, 5.41) is 2.85. The monoisotopic (exact) mass is 444 g/mol. The summed E-state index contributed by atoms with van der Waals surface area (Å²) >= 11 is 5.94. The molecule has 3 N–H and O–H groups in total. The Kier molecular flexibility index (Phi) is 5.32. The first-order valence-electron chi connectivity index (χ1n) is 7.76. The molecule has 0 atom stereocenters. The third-order valence-corrected chi connectivity index (χ3v) is 4.79. The molecular formula is C16H12ClF3N6O2S. The molecule has 0 aliphatic heterocycles. The third-order valence-electron chi connectivity index (χ3n) is 3.48. The lowest BCUT2D eigenvalue weighted by Crippen LogP contribution is -2.10. The highest BCUT2D eigenvalue weighted by atomic mass is 35.5. The van der Waals surface area contributed by atoms with Gasteiger partial charge in [0.2, 0.25) is 11.9 Å². The van der Waals surface area contributed by atoms with Crippen LogP contribution in [-0.4, -0.2) is 34.6 Å². The molecule has 0 aliphatic carbocycles. The van der Waals surface area contributed by atoms with Gasteiger partial charge in [-0.25, -0.2) is 13.4 Å². The lowest BCUT2D eigenvalue weighted by atomic mass is 10.3. The van der Waals surface area contributed by atoms with Crippen LogP contribution in [0.15, 0.2) is 41.3 Å². The van der Waals surface area contributed by atoms with E-state index in [1.54, 1.807) is 0 Å². The molecule has 8 nitrogen and oxygen atoms in total. The standard InChI is InChI=1S/C16H12ClF3N6O2S/c1-29(27,28)10-6-8(17)5-9(7-10)22-15-25-13(24-14(21)26-15)11-3-2-4-12(23-11)16(18,19)20/h2-7H,1H3,(H3,21,22,24,25,26). The second-order valence-corrected chi connectivity index (χ2v) is 8.27. The molecule has 2 aromatic heterocycles. The maximum absolute atomic E-state index is 12.9. The Morgan fingerprint density at radius 1 is 1.07 bits per heavy atom. The molecule has 0 saturated heterocycles. The average Bonchev–Trinajstić information content (AvgIpc) is 2.59. The van der Waals surface area contributed by atoms with Crippen molar-refractivity contribution >= 4 is 39.0 Å². The first kappa shape index (κ1) is 20.7. The molecule has 2 heterocycles. The fourth-order valence-corrected chi connectivity index (χ4v) is 3.24. The average molecular weight is 445 g/mol. The van der Waals surface area contributed by atoms with Gasteiger partial charge in [0.25, 0.3) is 0 Å². The van der Waals surface area contributed by atoms with Gasteiger partial charge in [-0.3, -0.25) is 0 Å². The van der Waals surface area contributed by atoms with Gasteiger partial charge in [-0.15, -0.1) is 0 Å². The first-order chi connectivity index (χ1) is 13.4. The molecule has 0 bridgehead atoms. The molecule has 0 amide bonds. The van der Waals surface area contributed by atoms with Gasteiger partial charge in [0, 0.05) is 17.0 Å². The molecule has 0 saturated carbocycles. The van der Waals surface area contributed by atoms with E-state index in [4.69, 9.17) is 17.3 Å². The summed E-state index contributed by atoms with van der Waals surface area (Å²) in [6.45, 7) is 0. The van der Waals surface area contributed by atoms with Crippen molar-refractivity contribution in [2.75, 3.05) is 17.3 Å². The first-order valence-corrected chi connectivity index (χ1v) is 10.0. The van der Waals surface area contributed by atoms with Crippen molar-refractivity contribution in [1.29, 1.82) is 0 Å². The number of pyridine rings is 1. The van der Waals surface area contributed by atoms with Crippen molar-refractivity contribution in [2.45, 2.75) is 11.1 Å². The van der Waals surface area contributed by atoms with E-state index in [9.17, 15) is 21.6 Å². The minimum Gasteiger partial charge on any atom is -0.368 e. The van der Waals surface area contributed by atoms with Crippen molar-refractivity contribution in [1.82, 2.24) is 19.9 Å². The fourth-order valence-electron chi connectivity index (χ4n) is 2.26. The van der Waals surface area contributed by atoms with Crippen molar-refractivity contribution < 1.29 is 21.6 Å². The topological polar surface area (TPSA) is 124 Å². The van der Waals surface area contributed by atoms with E-state index in [2.05, 4.69) is 25.3 Å². The van der Waals surface area contributed by atoms with Crippen LogP contribution in [0.5, 0.6) is 0 Å². The van der Waals surface area contributed by atoms with E-state index in [0.29, 0.717) is 0 Å². The van der Waals surface area contributed by atoms with E-state index in [0.717, 1.165) is 18.4 Å². The molecule has 0 spiro atoms. The van der Waals surface area contributed by atoms with Crippen molar-refractivity contribution in [2.24, 2.45) is 0 Å². The van der Waals surface area contributed by atoms with Crippen LogP contribution in [0.25, 0.3) is 11.5 Å². The van der Waals surface area contributed by atoms with E-state index in [1.807, 2.05) is 0 Å². The van der Waals surface area contributed by atoms with Crippen LogP contribution < -0.4 is 11.1 Å². The highest BCUT2D eigenvalue weighted by Crippen LogP contribution is 2.29. The number of halogens is 4. The molecule has 3 aromatic rings. The normalized spacial score (nSPS) is 12.0. The number of benzene rings is 1. The van der Waals surface area contributed by atoms with Crippen LogP contribution in [0.3, 0.4) is 0 Å². The molecule has 0 unspecified atom stereocenters. The van der Waals surface area contributed by atoms with Crippen molar-refractivity contribution in [3.05, 3.63) is 47.1 Å². The second kappa shape index (κ2) is 7.44. The zero-order valence-corrected chi connectivity index (χ0v) is 16.1. The van der Waals surface area contributed by atoms with E-state index in [1.165, 1.54) is 24.3 Å². The Morgan fingerprint density at radius 2 is 1.79 bits per heavy atom. The van der Waals surface area contributed by atoms with E-state index in [-0.39, 0.29) is 39.0 Å². The third kappa shape index (κ3) is 5.09. The highest BCUT2D eigenvalue weighted by molar-refractivity contribution is 7.90. The maximum atomic E-state index is 12.9. The van der Waals surface area contributed by atoms with Crippen molar-refractivity contribution in [3.63, 3.8) is 0 Å². The molecule has 0 radical (unpaired) electrons. The Hall–Kier alpha value is -2.99. The minimum absolute atomic E-state index is 0.0469. The lowest BCUT2D eigenvalue weighted by Gasteiger charge is -2.10. The van der Waals surface area contributed by atoms with E-state index >= 15 is 0 Å². The molecular weight excluding hydrogens is 433 g/mol. The number of hydrogen-bond donors (Lipinski definition) is 2. The van der Waals surface area contributed by atoms with Gasteiger partial charge in [0.05, 0.1) is 4.90 Å². The largest absolute Gasteiger partial charge is 0.433 e.